The first-order valence-electron chi connectivity index (χ1n) is 52.9. The van der Waals surface area contributed by atoms with Gasteiger partial charge in [0.1, 0.15) is 57.8 Å². The molecule has 24 aliphatic rings. The Kier molecular flexibility index (Phi) is 36.2. The van der Waals surface area contributed by atoms with Gasteiger partial charge in [0.2, 0.25) is 0 Å². The summed E-state index contributed by atoms with van der Waals surface area (Å²) in [7, 11) is 20.8. The fraction of sp³-hybridized carbons (Fsp3) is 0.905. The highest BCUT2D eigenvalue weighted by Gasteiger charge is 2.62. The van der Waals surface area contributed by atoms with Crippen molar-refractivity contribution in [3.63, 3.8) is 0 Å². The third-order valence-electron chi connectivity index (χ3n) is 37.9. The lowest BCUT2D eigenvalue weighted by Crippen LogP contribution is -2.49. The van der Waals surface area contributed by atoms with Crippen LogP contribution in [-0.4, -0.2) is 412 Å². The van der Waals surface area contributed by atoms with Crippen molar-refractivity contribution in [2.75, 3.05) is 193 Å². The van der Waals surface area contributed by atoms with Crippen molar-refractivity contribution in [1.29, 1.82) is 0 Å². The van der Waals surface area contributed by atoms with Crippen LogP contribution in [0.4, 0.5) is 0 Å². The van der Waals surface area contributed by atoms with Gasteiger partial charge in [0.15, 0.2) is 0 Å². The van der Waals surface area contributed by atoms with Gasteiger partial charge in [-0.25, -0.2) is 0 Å². The molecule has 22 heterocycles. The molecule has 29 heteroatoms. The number of carbonyl (C=O) groups excluding carboxylic acids is 10. The van der Waals surface area contributed by atoms with Crippen LogP contribution in [0.3, 0.4) is 0 Å². The van der Waals surface area contributed by atoms with E-state index in [-0.39, 0.29) is 72.3 Å². The molecule has 38 atom stereocenters. The van der Waals surface area contributed by atoms with E-state index in [0.29, 0.717) is 147 Å². The van der Waals surface area contributed by atoms with Crippen LogP contribution in [0, 0.1) is 112 Å². The topological polar surface area (TPSA) is 267 Å². The van der Waals surface area contributed by atoms with Crippen LogP contribution in [0.1, 0.15) is 185 Å². The molecule has 26 nitrogen and oxygen atoms in total. The molecule has 0 aromatic heterocycles. The van der Waals surface area contributed by atoms with Gasteiger partial charge in [-0.1, -0.05) is 0 Å². The second-order valence-electron chi connectivity index (χ2n) is 46.6. The Hall–Kier alpha value is -2.89. The van der Waals surface area contributed by atoms with Crippen molar-refractivity contribution in [2.45, 2.75) is 297 Å². The van der Waals surface area contributed by atoms with E-state index in [0.717, 1.165) is 175 Å². The number of Topliss-reactive ketones (excluding diaryl/α,β-unsaturated/α-hetero) is 10. The van der Waals surface area contributed by atoms with Gasteiger partial charge in [0.05, 0.1) is 85.3 Å². The van der Waals surface area contributed by atoms with Gasteiger partial charge in [-0.05, 0) is 374 Å². The molecule has 0 aromatic carbocycles. The number of ether oxygens (including phenoxy) is 3. The minimum Gasteiger partial charge on any atom is -0.381 e. The van der Waals surface area contributed by atoms with E-state index in [1.165, 1.54) is 127 Å². The number of piperidine rings is 2. The van der Waals surface area contributed by atoms with Crippen LogP contribution < -0.4 is 16.0 Å². The van der Waals surface area contributed by atoms with Gasteiger partial charge in [0, 0.05) is 143 Å². The Bertz CT molecular complexity index is 3500. The highest BCUT2D eigenvalue weighted by Crippen LogP contribution is 2.59. The minimum absolute atomic E-state index is 0.0188. The second-order valence-corrected chi connectivity index (χ2v) is 50.6. The number of ketones is 10. The predicted octanol–water partition coefficient (Wildman–Crippen LogP) is 8.15. The van der Waals surface area contributed by atoms with Gasteiger partial charge in [-0.15, -0.1) is 0 Å². The van der Waals surface area contributed by atoms with Gasteiger partial charge in [-0.3, -0.25) is 96.9 Å². The molecule has 8 bridgehead atoms. The second kappa shape index (κ2) is 46.0. The molecule has 3 N–H and O–H groups in total. The number of nitrogens with zero attached hydrogens (tertiary/aromatic N) is 10. The number of likely N-dealkylation sites (tertiary alicyclic amines) is 10. The molecule has 2 aliphatic carbocycles. The molecule has 0 spiro atoms. The SMILES string of the molecule is CC(=O)C1C2C3CCC(C3)C2CN1C.CC(=O)C1C2C3CCC(N3)C2CN1C.CC(=O)C1C2C3CCC(O3)C2CN1C.CC(=O)C1C2C3CCC(S3)C2CN1C.CC(=O)C1C2CNCCC2CN1C.CC(=O)C1C2COCCC2CN1C.CC(=O)C1C2CSCCC2CN1C.CC(=O)C1C2NCCCC2CN1C.CC(=O)C1C2OCCCC2CN1C.CC(=O)C1C2SCCCC2CN1C. The number of fused-ring (bicyclic) bond motifs is 26. The molecule has 22 saturated heterocycles. The maximum Gasteiger partial charge on any atom is 0.149 e. The van der Waals surface area contributed by atoms with Crippen LogP contribution >= 0.6 is 35.3 Å². The highest BCUT2D eigenvalue weighted by molar-refractivity contribution is 8.01. The number of thioether (sulfide) groups is 3. The van der Waals surface area contributed by atoms with E-state index in [1.807, 2.05) is 37.6 Å². The van der Waals surface area contributed by atoms with E-state index in [1.54, 1.807) is 69.2 Å². The standard InChI is InChI=1S/C12H19NO.C11H18N2O.C11H17NO2.C11H17NOS.2C10H18N2O.2C10H17NO2.2C10H17NOS/c1-7(14)12-11-9-4-3-8(5-9)10(11)6-13(12)2;1-6(14)11-10-7(5-13(11)2)8-3-4-9(10)12-8;2*1-6(13)11-10-7(5-12(11)2)8-3-4-9(10)14-8;1-7(13)10-9-5-11-4-3-8(9)6-12(10)2;1-7(13)10-9-8(6-12(10)2)4-3-5-11-9;1-7(12)10-9-6-13-4-3-8(9)5-11(10)2;1-7(12)9-10-8(6-11(9)2)4-3-5-13-10;1-7(12)10-9-6-13-4-3-8(9)5-11(10)2;1-7(12)9-10-8(6-11(9)2)4-3-5-13-10/h8-12H,3-6H2,1-2H3;7-12H,3-5H2,1-2H3;2*7-11H,3-5H2,1-2H3;2*8-11H,3-6H2,1-2H3;4*8-10H,3-6H2,1-2H3. The average Bonchev–Trinajstić information content (AvgIpc) is 1.59. The average molecular weight is 1920 g/mol. The quantitative estimate of drug-likeness (QED) is 0.186. The largest absolute Gasteiger partial charge is 0.381 e. The maximum absolute atomic E-state index is 11.6. The molecular formula is C105H175N13O13S3. The summed E-state index contributed by atoms with van der Waals surface area (Å²) in [5.41, 5.74) is 0. The zero-order valence-corrected chi connectivity index (χ0v) is 88.1. The van der Waals surface area contributed by atoms with Crippen molar-refractivity contribution in [3.8, 4) is 0 Å². The Morgan fingerprint density at radius 2 is 0.806 bits per heavy atom. The monoisotopic (exact) mass is 1920 g/mol. The van der Waals surface area contributed by atoms with Gasteiger partial charge in [-0.2, -0.15) is 35.3 Å². The van der Waals surface area contributed by atoms with Crippen molar-refractivity contribution >= 4 is 93.1 Å². The molecule has 756 valence electrons. The summed E-state index contributed by atoms with van der Waals surface area (Å²) < 4.78 is 17.0. The summed E-state index contributed by atoms with van der Waals surface area (Å²) in [5.74, 6) is 20.4. The normalized spacial score (nSPS) is 44.8. The summed E-state index contributed by atoms with van der Waals surface area (Å²) >= 11 is 6.19. The minimum atomic E-state index is 0.0188. The third-order valence-corrected chi connectivity index (χ3v) is 42.4. The maximum atomic E-state index is 11.6. The fourth-order valence-electron chi connectivity index (χ4n) is 33.0. The lowest BCUT2D eigenvalue weighted by Gasteiger charge is -2.29. The van der Waals surface area contributed by atoms with E-state index >= 15 is 0 Å². The third kappa shape index (κ3) is 22.5. The molecule has 24 rings (SSSR count). The summed E-state index contributed by atoms with van der Waals surface area (Å²) in [6, 6.07) is 3.46. The van der Waals surface area contributed by atoms with Crippen LogP contribution in [-0.2, 0) is 62.2 Å². The summed E-state index contributed by atoms with van der Waals surface area (Å²) in [6.45, 7) is 34.0. The van der Waals surface area contributed by atoms with Gasteiger partial charge < -0.3 is 30.2 Å². The molecule has 0 radical (unpaired) electrons. The van der Waals surface area contributed by atoms with Crippen molar-refractivity contribution in [2.24, 2.45) is 112 Å². The first-order chi connectivity index (χ1) is 63.9. The number of rotatable bonds is 10. The molecule has 38 unspecified atom stereocenters. The molecule has 22 aliphatic heterocycles. The molecule has 0 aromatic rings. The smallest absolute Gasteiger partial charge is 0.149 e. The predicted molar refractivity (Wildman–Crippen MR) is 534 cm³/mol. The number of likely N-dealkylation sites (N-methyl/N-ethyl adjacent to an activating group) is 10. The number of hydrogen-bond acceptors (Lipinski definition) is 29. The van der Waals surface area contributed by atoms with Crippen LogP contribution in [0.25, 0.3) is 0 Å². The molecule has 24 fully saturated rings. The van der Waals surface area contributed by atoms with Crippen molar-refractivity contribution in [1.82, 2.24) is 64.9 Å². The lowest BCUT2D eigenvalue weighted by atomic mass is 9.77. The first kappa shape index (κ1) is 105. The Morgan fingerprint density at radius 1 is 0.321 bits per heavy atom. The summed E-state index contributed by atoms with van der Waals surface area (Å²) in [5, 5.41) is 12.8. The van der Waals surface area contributed by atoms with E-state index in [2.05, 4.69) is 133 Å². The first-order valence-corrected chi connectivity index (χ1v) is 56.0. The lowest BCUT2D eigenvalue weighted by molar-refractivity contribution is -0.126. The summed E-state index contributed by atoms with van der Waals surface area (Å²) in [4.78, 5) is 137. The van der Waals surface area contributed by atoms with Crippen molar-refractivity contribution < 1.29 is 62.2 Å². The van der Waals surface area contributed by atoms with E-state index in [4.69, 9.17) is 14.2 Å². The molecular weight excluding hydrogens is 1750 g/mol. The molecule has 134 heavy (non-hydrogen) atoms. The van der Waals surface area contributed by atoms with Crippen LogP contribution in [0.15, 0.2) is 0 Å². The zero-order valence-electron chi connectivity index (χ0n) is 85.6. The van der Waals surface area contributed by atoms with Gasteiger partial charge >= 0.3 is 0 Å². The number of hydrogen-bond donors (Lipinski definition) is 3. The fourth-order valence-corrected chi connectivity index (χ4v) is 38.0. The number of carbonyl (C=O) groups is 10. The summed E-state index contributed by atoms with van der Waals surface area (Å²) in [6.07, 6.45) is 24.3. The van der Waals surface area contributed by atoms with E-state index < -0.39 is 0 Å². The Balaban J connectivity index is 0.000000114. The van der Waals surface area contributed by atoms with Gasteiger partial charge in [0.25, 0.3) is 0 Å². The molecule has 2 saturated carbocycles. The van der Waals surface area contributed by atoms with Crippen molar-refractivity contribution in [3.05, 3.63) is 0 Å². The van der Waals surface area contributed by atoms with Crippen LogP contribution in [0.2, 0.25) is 0 Å². The number of nitrogens with one attached hydrogen (secondary N) is 3. The Morgan fingerprint density at radius 3 is 1.46 bits per heavy atom. The Labute approximate surface area is 817 Å². The highest BCUT2D eigenvalue weighted by atomic mass is 32.2. The zero-order chi connectivity index (χ0) is 96.0. The van der Waals surface area contributed by atoms with Crippen LogP contribution in [0.5, 0.6) is 0 Å². The van der Waals surface area contributed by atoms with E-state index in [9.17, 15) is 47.9 Å². The molecule has 0 amide bonds.